The number of benzene rings is 8. The molecule has 0 aliphatic carbocycles. The van der Waals surface area contributed by atoms with E-state index in [0.717, 1.165) is 22.7 Å². The molecule has 0 spiro atoms. The molecule has 0 radical (unpaired) electrons. The molecule has 2 heteroatoms. The fourth-order valence-corrected chi connectivity index (χ4v) is 7.31. The maximum Gasteiger partial charge on any atom is 0.0547 e. The Bertz CT molecular complexity index is 2570. The van der Waals surface area contributed by atoms with Crippen LogP contribution in [-0.4, -0.2) is 4.57 Å². The third-order valence-electron chi connectivity index (χ3n) is 9.59. The van der Waals surface area contributed by atoms with Crippen molar-refractivity contribution in [1.29, 1.82) is 0 Å². The van der Waals surface area contributed by atoms with Gasteiger partial charge in [-0.15, -0.1) is 0 Å². The monoisotopic (exact) mass is 638 g/mol. The zero-order valence-corrected chi connectivity index (χ0v) is 27.5. The van der Waals surface area contributed by atoms with Gasteiger partial charge in [-0.25, -0.2) is 0 Å². The summed E-state index contributed by atoms with van der Waals surface area (Å²) in [4.78, 5) is 2.41. The molecule has 0 bridgehead atoms. The van der Waals surface area contributed by atoms with E-state index >= 15 is 0 Å². The summed E-state index contributed by atoms with van der Waals surface area (Å²) in [6.45, 7) is 0. The number of rotatable bonds is 7. The molecule has 0 fully saturated rings. The van der Waals surface area contributed by atoms with Crippen LogP contribution in [-0.2, 0) is 0 Å². The molecular formula is C48H34N2. The molecule has 0 saturated carbocycles. The number of aromatic nitrogens is 1. The van der Waals surface area contributed by atoms with Crippen LogP contribution in [0.2, 0.25) is 0 Å². The minimum atomic E-state index is 1.10. The van der Waals surface area contributed by atoms with E-state index in [1.54, 1.807) is 0 Å². The molecule has 0 atom stereocenters. The summed E-state index contributed by atoms with van der Waals surface area (Å²) >= 11 is 0. The molecule has 0 unspecified atom stereocenters. The molecule has 236 valence electrons. The summed E-state index contributed by atoms with van der Waals surface area (Å²) in [5, 5.41) is 2.48. The number of hydrogen-bond donors (Lipinski definition) is 0. The Morgan fingerprint density at radius 3 is 1.64 bits per heavy atom. The second-order valence-corrected chi connectivity index (χ2v) is 12.6. The molecule has 0 aliphatic heterocycles. The quantitative estimate of drug-likeness (QED) is 0.169. The van der Waals surface area contributed by atoms with Gasteiger partial charge < -0.3 is 9.47 Å². The summed E-state index contributed by atoms with van der Waals surface area (Å²) in [6.07, 6.45) is 0. The van der Waals surface area contributed by atoms with E-state index in [1.165, 1.54) is 55.2 Å². The number of para-hydroxylation sites is 3. The fraction of sp³-hybridized carbons (Fsp3) is 0. The van der Waals surface area contributed by atoms with Crippen molar-refractivity contribution < 1.29 is 0 Å². The van der Waals surface area contributed by atoms with Crippen LogP contribution in [0.4, 0.5) is 17.1 Å². The van der Waals surface area contributed by atoms with Crippen LogP contribution in [0, 0.1) is 0 Å². The highest BCUT2D eigenvalue weighted by Crippen LogP contribution is 2.46. The second-order valence-electron chi connectivity index (χ2n) is 12.6. The highest BCUT2D eigenvalue weighted by atomic mass is 15.1. The molecule has 1 aromatic heterocycles. The van der Waals surface area contributed by atoms with Gasteiger partial charge in [-0.05, 0) is 82.4 Å². The van der Waals surface area contributed by atoms with E-state index in [9.17, 15) is 0 Å². The van der Waals surface area contributed by atoms with Crippen molar-refractivity contribution in [3.63, 3.8) is 0 Å². The number of anilines is 3. The van der Waals surface area contributed by atoms with Crippen LogP contribution >= 0.6 is 0 Å². The first-order valence-corrected chi connectivity index (χ1v) is 17.1. The SMILES string of the molecule is c1ccc(-c2ccc(N(c3cccc(-c4ccccc4)c3)c3ccccc3-c3cccc4c3c3ccccc3n4-c3ccccc3)cc2)cc1. The largest absolute Gasteiger partial charge is 0.310 e. The minimum Gasteiger partial charge on any atom is -0.310 e. The molecule has 2 nitrogen and oxygen atoms in total. The lowest BCUT2D eigenvalue weighted by Gasteiger charge is -2.28. The lowest BCUT2D eigenvalue weighted by atomic mass is 9.96. The normalized spacial score (nSPS) is 11.2. The Kier molecular flexibility index (Phi) is 7.53. The average Bonchev–Trinajstić information content (AvgIpc) is 3.54. The van der Waals surface area contributed by atoms with Gasteiger partial charge >= 0.3 is 0 Å². The van der Waals surface area contributed by atoms with Gasteiger partial charge in [-0.2, -0.15) is 0 Å². The molecule has 1 heterocycles. The molecule has 0 aliphatic rings. The van der Waals surface area contributed by atoms with Gasteiger partial charge in [-0.3, -0.25) is 0 Å². The summed E-state index contributed by atoms with van der Waals surface area (Å²) in [5.41, 5.74) is 14.0. The number of fused-ring (bicyclic) bond motifs is 3. The molecule has 0 amide bonds. The molecule has 8 aromatic carbocycles. The minimum absolute atomic E-state index is 1.10. The van der Waals surface area contributed by atoms with E-state index in [4.69, 9.17) is 0 Å². The Hall–Kier alpha value is -6.64. The molecule has 0 N–H and O–H groups in total. The van der Waals surface area contributed by atoms with Gasteiger partial charge in [0.2, 0.25) is 0 Å². The van der Waals surface area contributed by atoms with Crippen molar-refractivity contribution >= 4 is 38.9 Å². The van der Waals surface area contributed by atoms with Crippen molar-refractivity contribution in [3.8, 4) is 39.1 Å². The van der Waals surface area contributed by atoms with Gasteiger partial charge in [-0.1, -0.05) is 152 Å². The van der Waals surface area contributed by atoms with Gasteiger partial charge in [0.1, 0.15) is 0 Å². The van der Waals surface area contributed by atoms with Crippen molar-refractivity contribution in [2.45, 2.75) is 0 Å². The molecule has 9 rings (SSSR count). The topological polar surface area (TPSA) is 8.17 Å². The maximum absolute atomic E-state index is 2.41. The van der Waals surface area contributed by atoms with Crippen LogP contribution < -0.4 is 4.90 Å². The van der Waals surface area contributed by atoms with E-state index in [2.05, 4.69) is 216 Å². The van der Waals surface area contributed by atoms with Crippen LogP contribution in [0.1, 0.15) is 0 Å². The van der Waals surface area contributed by atoms with Gasteiger partial charge in [0.15, 0.2) is 0 Å². The Morgan fingerprint density at radius 2 is 0.880 bits per heavy atom. The smallest absolute Gasteiger partial charge is 0.0547 e. The highest BCUT2D eigenvalue weighted by Gasteiger charge is 2.21. The van der Waals surface area contributed by atoms with E-state index in [1.807, 2.05) is 0 Å². The van der Waals surface area contributed by atoms with Crippen LogP contribution in [0.25, 0.3) is 60.9 Å². The second kappa shape index (κ2) is 12.8. The standard InChI is InChI=1S/C48H34N2/c1-4-16-35(17-5-1)37-30-32-40(33-31-37)49(41-23-14-20-38(34-41)36-18-6-2-7-19-36)45-27-12-10-24-42(45)43-26-15-29-47-48(43)44-25-11-13-28-46(44)50(47)39-21-8-3-9-22-39/h1-34H. The molecule has 50 heavy (non-hydrogen) atoms. The first-order chi connectivity index (χ1) is 24.8. The summed E-state index contributed by atoms with van der Waals surface area (Å²) < 4.78 is 2.39. The Balaban J connectivity index is 1.27. The lowest BCUT2D eigenvalue weighted by Crippen LogP contribution is -2.11. The van der Waals surface area contributed by atoms with E-state index in [0.29, 0.717) is 0 Å². The summed E-state index contributed by atoms with van der Waals surface area (Å²) in [6, 6.07) is 74.0. The third kappa shape index (κ3) is 5.24. The zero-order chi connectivity index (χ0) is 33.3. The zero-order valence-electron chi connectivity index (χ0n) is 27.5. The predicted molar refractivity (Wildman–Crippen MR) is 212 cm³/mol. The number of hydrogen-bond acceptors (Lipinski definition) is 1. The summed E-state index contributed by atoms with van der Waals surface area (Å²) in [5.74, 6) is 0. The van der Waals surface area contributed by atoms with Crippen molar-refractivity contribution in [2.24, 2.45) is 0 Å². The predicted octanol–water partition coefficient (Wildman–Crippen LogP) is 13.3. The first-order valence-electron chi connectivity index (χ1n) is 17.1. The first kappa shape index (κ1) is 29.5. The number of nitrogens with zero attached hydrogens (tertiary/aromatic N) is 2. The van der Waals surface area contributed by atoms with Crippen LogP contribution in [0.3, 0.4) is 0 Å². The fourth-order valence-electron chi connectivity index (χ4n) is 7.31. The van der Waals surface area contributed by atoms with Crippen molar-refractivity contribution in [3.05, 3.63) is 206 Å². The molecular weight excluding hydrogens is 605 g/mol. The van der Waals surface area contributed by atoms with E-state index < -0.39 is 0 Å². The van der Waals surface area contributed by atoms with Gasteiger partial charge in [0, 0.05) is 33.4 Å². The lowest BCUT2D eigenvalue weighted by molar-refractivity contribution is 1.18. The van der Waals surface area contributed by atoms with Crippen molar-refractivity contribution in [2.75, 3.05) is 4.90 Å². The van der Waals surface area contributed by atoms with Crippen molar-refractivity contribution in [1.82, 2.24) is 4.57 Å². The Morgan fingerprint density at radius 1 is 0.340 bits per heavy atom. The third-order valence-corrected chi connectivity index (χ3v) is 9.59. The van der Waals surface area contributed by atoms with Crippen LogP contribution in [0.15, 0.2) is 206 Å². The van der Waals surface area contributed by atoms with Crippen LogP contribution in [0.5, 0.6) is 0 Å². The maximum atomic E-state index is 2.41. The Labute approximate surface area is 292 Å². The van der Waals surface area contributed by atoms with Gasteiger partial charge in [0.05, 0.1) is 16.7 Å². The van der Waals surface area contributed by atoms with Gasteiger partial charge in [0.25, 0.3) is 0 Å². The highest BCUT2D eigenvalue weighted by molar-refractivity contribution is 6.17. The molecule has 0 saturated heterocycles. The molecule has 9 aromatic rings. The summed E-state index contributed by atoms with van der Waals surface area (Å²) in [7, 11) is 0. The average molecular weight is 639 g/mol. The van der Waals surface area contributed by atoms with E-state index in [-0.39, 0.29) is 0 Å².